The molecule has 34 heavy (non-hydrogen) atoms. The first-order valence-corrected chi connectivity index (χ1v) is 10.9. The van der Waals surface area contributed by atoms with Crippen LogP contribution < -0.4 is 15.4 Å². The summed E-state index contributed by atoms with van der Waals surface area (Å²) >= 11 is 0. The second-order valence-corrected chi connectivity index (χ2v) is 7.71. The fourth-order valence-electron chi connectivity index (χ4n) is 3.92. The zero-order valence-electron chi connectivity index (χ0n) is 18.8. The average molecular weight is 454 g/mol. The normalized spacial score (nSPS) is 14.8. The van der Waals surface area contributed by atoms with E-state index in [2.05, 4.69) is 20.6 Å². The van der Waals surface area contributed by atoms with Crippen molar-refractivity contribution in [2.75, 3.05) is 17.2 Å². The number of nitrogens with zero attached hydrogens (tertiary/aromatic N) is 5. The third-order valence-electron chi connectivity index (χ3n) is 5.44. The Labute approximate surface area is 196 Å². The Kier molecular flexibility index (Phi) is 5.73. The SMILES string of the molecule is CCOc1ccc(-c2nc3n(n2)C(c2cccnc2)C(C(=O)Nc2cccnc2)=C(C)N3)cc1. The monoisotopic (exact) mass is 453 g/mol. The molecule has 1 atom stereocenters. The molecule has 0 radical (unpaired) electrons. The van der Waals surface area contributed by atoms with Crippen LogP contribution in [0.4, 0.5) is 11.6 Å². The van der Waals surface area contributed by atoms with Gasteiger partial charge in [-0.15, -0.1) is 5.10 Å². The number of amides is 1. The molecule has 1 unspecified atom stereocenters. The molecular weight excluding hydrogens is 430 g/mol. The van der Waals surface area contributed by atoms with E-state index >= 15 is 0 Å². The highest BCUT2D eigenvalue weighted by Crippen LogP contribution is 2.36. The Morgan fingerprint density at radius 2 is 1.85 bits per heavy atom. The Balaban J connectivity index is 1.55. The molecule has 1 amide bonds. The maximum Gasteiger partial charge on any atom is 0.255 e. The number of hydrogen-bond acceptors (Lipinski definition) is 7. The summed E-state index contributed by atoms with van der Waals surface area (Å²) in [5.74, 6) is 1.62. The van der Waals surface area contributed by atoms with Gasteiger partial charge in [0.05, 0.1) is 24.1 Å². The Morgan fingerprint density at radius 3 is 2.53 bits per heavy atom. The van der Waals surface area contributed by atoms with Crippen LogP contribution >= 0.6 is 0 Å². The lowest BCUT2D eigenvalue weighted by atomic mass is 9.96. The van der Waals surface area contributed by atoms with E-state index in [1.54, 1.807) is 41.6 Å². The van der Waals surface area contributed by atoms with Crippen molar-refractivity contribution in [3.8, 4) is 17.1 Å². The number of carbonyl (C=O) groups is 1. The predicted molar refractivity (Wildman–Crippen MR) is 128 cm³/mol. The number of pyridine rings is 2. The minimum atomic E-state index is -0.509. The number of rotatable bonds is 6. The van der Waals surface area contributed by atoms with Gasteiger partial charge in [0.1, 0.15) is 11.8 Å². The van der Waals surface area contributed by atoms with E-state index in [1.165, 1.54) is 0 Å². The molecule has 0 saturated heterocycles. The van der Waals surface area contributed by atoms with Crippen molar-refractivity contribution in [3.63, 3.8) is 0 Å². The number of aromatic nitrogens is 5. The third kappa shape index (κ3) is 4.11. The summed E-state index contributed by atoms with van der Waals surface area (Å²) in [5, 5.41) is 11.0. The molecule has 9 nitrogen and oxygen atoms in total. The van der Waals surface area contributed by atoms with E-state index in [1.807, 2.05) is 50.2 Å². The molecule has 4 aromatic rings. The second-order valence-electron chi connectivity index (χ2n) is 7.71. The number of carbonyl (C=O) groups excluding carboxylic acids is 1. The highest BCUT2D eigenvalue weighted by atomic mass is 16.5. The minimum absolute atomic E-state index is 0.254. The van der Waals surface area contributed by atoms with Gasteiger partial charge in [0.25, 0.3) is 5.91 Å². The van der Waals surface area contributed by atoms with Crippen LogP contribution in [0.1, 0.15) is 25.5 Å². The molecule has 4 heterocycles. The molecule has 0 aliphatic carbocycles. The van der Waals surface area contributed by atoms with Crippen LogP contribution in [-0.4, -0.2) is 37.2 Å². The summed E-state index contributed by atoms with van der Waals surface area (Å²) < 4.78 is 7.27. The Morgan fingerprint density at radius 1 is 1.09 bits per heavy atom. The largest absolute Gasteiger partial charge is 0.494 e. The van der Waals surface area contributed by atoms with Crippen molar-refractivity contribution in [2.24, 2.45) is 0 Å². The van der Waals surface area contributed by atoms with Gasteiger partial charge in [0, 0.05) is 29.9 Å². The van der Waals surface area contributed by atoms with Gasteiger partial charge in [-0.3, -0.25) is 14.8 Å². The molecule has 5 rings (SSSR count). The fourth-order valence-corrected chi connectivity index (χ4v) is 3.92. The van der Waals surface area contributed by atoms with Gasteiger partial charge in [-0.05, 0) is 61.9 Å². The number of anilines is 2. The summed E-state index contributed by atoms with van der Waals surface area (Å²) in [6.45, 7) is 4.40. The van der Waals surface area contributed by atoms with Crippen molar-refractivity contribution < 1.29 is 9.53 Å². The molecule has 1 aliphatic rings. The van der Waals surface area contributed by atoms with E-state index in [0.29, 0.717) is 35.3 Å². The number of benzene rings is 1. The first-order valence-electron chi connectivity index (χ1n) is 10.9. The second kappa shape index (κ2) is 9.14. The van der Waals surface area contributed by atoms with Crippen LogP contribution in [0.15, 0.2) is 84.6 Å². The number of allylic oxidation sites excluding steroid dienone is 1. The van der Waals surface area contributed by atoms with Crippen molar-refractivity contribution in [3.05, 3.63) is 90.2 Å². The zero-order valence-corrected chi connectivity index (χ0v) is 18.8. The smallest absolute Gasteiger partial charge is 0.255 e. The lowest BCUT2D eigenvalue weighted by Crippen LogP contribution is -2.31. The molecule has 1 aliphatic heterocycles. The van der Waals surface area contributed by atoms with Crippen LogP contribution in [0.3, 0.4) is 0 Å². The van der Waals surface area contributed by atoms with E-state index in [4.69, 9.17) is 14.8 Å². The summed E-state index contributed by atoms with van der Waals surface area (Å²) in [6.07, 6.45) is 6.70. The van der Waals surface area contributed by atoms with Crippen molar-refractivity contribution in [1.29, 1.82) is 0 Å². The number of nitrogens with one attached hydrogen (secondary N) is 2. The molecule has 170 valence electrons. The topological polar surface area (TPSA) is 107 Å². The lowest BCUT2D eigenvalue weighted by Gasteiger charge is -2.28. The van der Waals surface area contributed by atoms with E-state index in [0.717, 1.165) is 16.9 Å². The van der Waals surface area contributed by atoms with Crippen LogP contribution in [0.2, 0.25) is 0 Å². The van der Waals surface area contributed by atoms with Gasteiger partial charge >= 0.3 is 0 Å². The zero-order chi connectivity index (χ0) is 23.5. The lowest BCUT2D eigenvalue weighted by molar-refractivity contribution is -0.113. The average Bonchev–Trinajstić information content (AvgIpc) is 3.28. The minimum Gasteiger partial charge on any atom is -0.494 e. The maximum absolute atomic E-state index is 13.4. The first-order chi connectivity index (χ1) is 16.6. The summed E-state index contributed by atoms with van der Waals surface area (Å²) in [6, 6.07) is 14.4. The number of fused-ring (bicyclic) bond motifs is 1. The van der Waals surface area contributed by atoms with Gasteiger partial charge in [-0.1, -0.05) is 6.07 Å². The van der Waals surface area contributed by atoms with Gasteiger partial charge in [0.2, 0.25) is 5.95 Å². The highest BCUT2D eigenvalue weighted by Gasteiger charge is 2.34. The predicted octanol–water partition coefficient (Wildman–Crippen LogP) is 4.06. The molecule has 9 heteroatoms. The molecule has 1 aromatic carbocycles. The fraction of sp³-hybridized carbons (Fsp3) is 0.160. The molecule has 0 bridgehead atoms. The maximum atomic E-state index is 13.4. The molecular formula is C25H23N7O2. The van der Waals surface area contributed by atoms with Crippen molar-refractivity contribution in [1.82, 2.24) is 24.7 Å². The third-order valence-corrected chi connectivity index (χ3v) is 5.44. The molecule has 0 spiro atoms. The number of hydrogen-bond donors (Lipinski definition) is 2. The van der Waals surface area contributed by atoms with Gasteiger partial charge in [0.15, 0.2) is 5.82 Å². The van der Waals surface area contributed by atoms with E-state index in [-0.39, 0.29) is 5.91 Å². The Hall–Kier alpha value is -4.53. The van der Waals surface area contributed by atoms with Crippen molar-refractivity contribution in [2.45, 2.75) is 19.9 Å². The number of ether oxygens (including phenoxy) is 1. The van der Waals surface area contributed by atoms with E-state index < -0.39 is 6.04 Å². The highest BCUT2D eigenvalue weighted by molar-refractivity contribution is 6.05. The standard InChI is InChI=1S/C25H23N7O2/c1-3-34-20-10-8-17(9-11-20)23-30-25-28-16(2)21(24(33)29-19-7-5-13-27-15-19)22(32(25)31-23)18-6-4-12-26-14-18/h4-15,22H,3H2,1-2H3,(H,29,33)(H,28,30,31). The van der Waals surface area contributed by atoms with Gasteiger partial charge in [-0.2, -0.15) is 4.98 Å². The molecule has 0 saturated carbocycles. The molecule has 3 aromatic heterocycles. The molecule has 2 N–H and O–H groups in total. The first kappa shape index (κ1) is 21.3. The van der Waals surface area contributed by atoms with Crippen molar-refractivity contribution >= 4 is 17.5 Å². The van der Waals surface area contributed by atoms with E-state index in [9.17, 15) is 4.79 Å². The summed E-state index contributed by atoms with van der Waals surface area (Å²) in [7, 11) is 0. The quantitative estimate of drug-likeness (QED) is 0.453. The van der Waals surface area contributed by atoms with Crippen LogP contribution in [0.5, 0.6) is 5.75 Å². The van der Waals surface area contributed by atoms with Crippen LogP contribution in [0, 0.1) is 0 Å². The summed E-state index contributed by atoms with van der Waals surface area (Å²) in [4.78, 5) is 26.5. The Bertz CT molecular complexity index is 1330. The van der Waals surface area contributed by atoms with Gasteiger partial charge < -0.3 is 15.4 Å². The van der Waals surface area contributed by atoms with Crippen LogP contribution in [0.25, 0.3) is 11.4 Å². The summed E-state index contributed by atoms with van der Waals surface area (Å²) in [5.41, 5.74) is 3.48. The van der Waals surface area contributed by atoms with Gasteiger partial charge in [-0.25, -0.2) is 4.68 Å². The van der Waals surface area contributed by atoms with Crippen LogP contribution in [-0.2, 0) is 4.79 Å². The molecule has 0 fully saturated rings.